The molecule has 1 heterocycles. The molecule has 0 aliphatic rings. The first-order valence-electron chi connectivity index (χ1n) is 5.48. The third kappa shape index (κ3) is 2.53. The molecule has 1 N–H and O–H groups in total. The van der Waals surface area contributed by atoms with Crippen molar-refractivity contribution in [3.05, 3.63) is 30.0 Å². The maximum atomic E-state index is 11.7. The summed E-state index contributed by atoms with van der Waals surface area (Å²) >= 11 is 1.66. The number of H-pyrrole nitrogens is 1. The smallest absolute Gasteiger partial charge is 0.361 e. The number of esters is 1. The molecular weight excluding hydrogens is 250 g/mol. The number of thioether (sulfide) groups is 1. The molecular formula is C12H13N3O2S. The molecule has 0 amide bonds. The highest BCUT2D eigenvalue weighted by molar-refractivity contribution is 7.98. The summed E-state index contributed by atoms with van der Waals surface area (Å²) in [6.07, 6.45) is 2.01. The average Bonchev–Trinajstić information content (AvgIpc) is 2.88. The van der Waals surface area contributed by atoms with E-state index in [-0.39, 0.29) is 5.69 Å². The van der Waals surface area contributed by atoms with Crippen molar-refractivity contribution in [2.45, 2.75) is 11.8 Å². The van der Waals surface area contributed by atoms with Gasteiger partial charge in [0.1, 0.15) is 5.69 Å². The van der Waals surface area contributed by atoms with Gasteiger partial charge in [0.2, 0.25) is 0 Å². The van der Waals surface area contributed by atoms with Crippen LogP contribution in [0.25, 0.3) is 11.3 Å². The number of aromatic nitrogens is 3. The fourth-order valence-corrected chi connectivity index (χ4v) is 1.93. The second-order valence-electron chi connectivity index (χ2n) is 3.47. The number of hydrogen-bond acceptors (Lipinski definition) is 5. The number of carbonyl (C=O) groups excluding carboxylic acids is 1. The highest BCUT2D eigenvalue weighted by atomic mass is 32.2. The second kappa shape index (κ2) is 5.68. The first-order chi connectivity index (χ1) is 8.76. The zero-order valence-electron chi connectivity index (χ0n) is 10.1. The van der Waals surface area contributed by atoms with Crippen LogP contribution in [0.3, 0.4) is 0 Å². The number of hydrogen-bond donors (Lipinski definition) is 1. The van der Waals surface area contributed by atoms with E-state index in [1.165, 1.54) is 0 Å². The summed E-state index contributed by atoms with van der Waals surface area (Å²) in [4.78, 5) is 12.8. The zero-order chi connectivity index (χ0) is 13.0. The van der Waals surface area contributed by atoms with Crippen molar-refractivity contribution in [3.8, 4) is 11.3 Å². The summed E-state index contributed by atoms with van der Waals surface area (Å²) in [5, 5.41) is 10.3. The largest absolute Gasteiger partial charge is 0.461 e. The molecule has 2 aromatic rings. The van der Waals surface area contributed by atoms with E-state index in [1.54, 1.807) is 18.7 Å². The van der Waals surface area contributed by atoms with Gasteiger partial charge in [-0.25, -0.2) is 4.79 Å². The third-order valence-electron chi connectivity index (χ3n) is 2.38. The average molecular weight is 263 g/mol. The van der Waals surface area contributed by atoms with Crippen LogP contribution in [-0.2, 0) is 4.74 Å². The van der Waals surface area contributed by atoms with E-state index >= 15 is 0 Å². The molecule has 0 unspecified atom stereocenters. The van der Waals surface area contributed by atoms with Crippen LogP contribution in [0.1, 0.15) is 17.4 Å². The van der Waals surface area contributed by atoms with Gasteiger partial charge in [-0.2, -0.15) is 10.3 Å². The van der Waals surface area contributed by atoms with Crippen molar-refractivity contribution in [2.24, 2.45) is 0 Å². The molecule has 18 heavy (non-hydrogen) atoms. The number of nitrogens with one attached hydrogen (secondary N) is 1. The Balaban J connectivity index is 2.32. The van der Waals surface area contributed by atoms with E-state index in [4.69, 9.17) is 4.74 Å². The predicted molar refractivity (Wildman–Crippen MR) is 69.6 cm³/mol. The Labute approximate surface area is 109 Å². The first-order valence-corrected chi connectivity index (χ1v) is 6.71. The van der Waals surface area contributed by atoms with Crippen molar-refractivity contribution in [3.63, 3.8) is 0 Å². The Bertz CT molecular complexity index is 537. The molecule has 0 radical (unpaired) electrons. The molecule has 0 fully saturated rings. The Morgan fingerprint density at radius 3 is 2.67 bits per heavy atom. The molecule has 2 rings (SSSR count). The number of nitrogens with zero attached hydrogens (tertiary/aromatic N) is 2. The van der Waals surface area contributed by atoms with Crippen LogP contribution in [0.4, 0.5) is 0 Å². The Morgan fingerprint density at radius 2 is 2.06 bits per heavy atom. The molecule has 0 aliphatic carbocycles. The SMILES string of the molecule is CCOC(=O)c1n[nH]nc1-c1ccc(SC)cc1. The van der Waals surface area contributed by atoms with Crippen LogP contribution >= 0.6 is 11.8 Å². The predicted octanol–water partition coefficient (Wildman–Crippen LogP) is 2.37. The van der Waals surface area contributed by atoms with E-state index in [2.05, 4.69) is 15.4 Å². The van der Waals surface area contributed by atoms with E-state index in [1.807, 2.05) is 30.5 Å². The van der Waals surface area contributed by atoms with Crippen molar-refractivity contribution >= 4 is 17.7 Å². The minimum atomic E-state index is -0.463. The molecule has 0 bridgehead atoms. The standard InChI is InChI=1S/C12H13N3O2S/c1-3-17-12(16)11-10(13-15-14-11)8-4-6-9(18-2)7-5-8/h4-7H,3H2,1-2H3,(H,13,14,15). The topological polar surface area (TPSA) is 67.9 Å². The molecule has 0 saturated heterocycles. The number of carbonyl (C=O) groups is 1. The number of ether oxygens (including phenoxy) is 1. The van der Waals surface area contributed by atoms with Gasteiger partial charge in [0.05, 0.1) is 6.61 Å². The van der Waals surface area contributed by atoms with Crippen molar-refractivity contribution in [1.82, 2.24) is 15.4 Å². The maximum Gasteiger partial charge on any atom is 0.361 e. The molecule has 1 aromatic heterocycles. The highest BCUT2D eigenvalue weighted by Crippen LogP contribution is 2.23. The maximum absolute atomic E-state index is 11.7. The van der Waals surface area contributed by atoms with E-state index in [0.717, 1.165) is 10.5 Å². The summed E-state index contributed by atoms with van der Waals surface area (Å²) in [6.45, 7) is 2.07. The van der Waals surface area contributed by atoms with Crippen LogP contribution in [0.2, 0.25) is 0 Å². The Hall–Kier alpha value is -1.82. The van der Waals surface area contributed by atoms with Gasteiger partial charge in [-0.15, -0.1) is 16.9 Å². The van der Waals surface area contributed by atoms with Crippen LogP contribution in [0.5, 0.6) is 0 Å². The molecule has 6 heteroatoms. The lowest BCUT2D eigenvalue weighted by Gasteiger charge is -2.02. The molecule has 0 spiro atoms. The van der Waals surface area contributed by atoms with Gasteiger partial charge in [-0.05, 0) is 25.3 Å². The molecule has 94 valence electrons. The second-order valence-corrected chi connectivity index (χ2v) is 4.35. The lowest BCUT2D eigenvalue weighted by molar-refractivity contribution is 0.0520. The zero-order valence-corrected chi connectivity index (χ0v) is 11.0. The van der Waals surface area contributed by atoms with Crippen LogP contribution in [0, 0.1) is 0 Å². The third-order valence-corrected chi connectivity index (χ3v) is 3.12. The quantitative estimate of drug-likeness (QED) is 0.677. The normalized spacial score (nSPS) is 10.3. The highest BCUT2D eigenvalue weighted by Gasteiger charge is 2.18. The minimum absolute atomic E-state index is 0.216. The monoisotopic (exact) mass is 263 g/mol. The van der Waals surface area contributed by atoms with Crippen LogP contribution < -0.4 is 0 Å². The Kier molecular flexibility index (Phi) is 3.99. The summed E-state index contributed by atoms with van der Waals surface area (Å²) in [5.41, 5.74) is 1.57. The van der Waals surface area contributed by atoms with Gasteiger partial charge < -0.3 is 4.74 Å². The van der Waals surface area contributed by atoms with Gasteiger partial charge in [0.15, 0.2) is 5.69 Å². The summed E-state index contributed by atoms with van der Waals surface area (Å²) in [7, 11) is 0. The van der Waals surface area contributed by atoms with Crippen molar-refractivity contribution in [2.75, 3.05) is 12.9 Å². The van der Waals surface area contributed by atoms with Crippen LogP contribution in [-0.4, -0.2) is 34.2 Å². The lowest BCUT2D eigenvalue weighted by Crippen LogP contribution is -2.06. The fraction of sp³-hybridized carbons (Fsp3) is 0.250. The Morgan fingerprint density at radius 1 is 1.33 bits per heavy atom. The fourth-order valence-electron chi connectivity index (χ4n) is 1.52. The van der Waals surface area contributed by atoms with E-state index in [9.17, 15) is 4.79 Å². The van der Waals surface area contributed by atoms with Crippen molar-refractivity contribution in [1.29, 1.82) is 0 Å². The van der Waals surface area contributed by atoms with Gasteiger partial charge in [0, 0.05) is 10.5 Å². The molecule has 5 nitrogen and oxygen atoms in total. The molecule has 0 saturated carbocycles. The summed E-state index contributed by atoms with van der Waals surface area (Å²) in [6, 6.07) is 7.77. The minimum Gasteiger partial charge on any atom is -0.461 e. The molecule has 0 aliphatic heterocycles. The summed E-state index contributed by atoms with van der Waals surface area (Å²) in [5.74, 6) is -0.463. The number of benzene rings is 1. The van der Waals surface area contributed by atoms with Gasteiger partial charge >= 0.3 is 5.97 Å². The number of aromatic amines is 1. The molecule has 1 aromatic carbocycles. The van der Waals surface area contributed by atoms with Crippen molar-refractivity contribution < 1.29 is 9.53 Å². The number of rotatable bonds is 4. The van der Waals surface area contributed by atoms with Gasteiger partial charge in [-0.1, -0.05) is 12.1 Å². The summed E-state index contributed by atoms with van der Waals surface area (Å²) < 4.78 is 4.93. The van der Waals surface area contributed by atoms with E-state index in [0.29, 0.717) is 12.3 Å². The van der Waals surface area contributed by atoms with Gasteiger partial charge in [0.25, 0.3) is 0 Å². The first kappa shape index (κ1) is 12.6. The van der Waals surface area contributed by atoms with E-state index < -0.39 is 5.97 Å². The molecule has 0 atom stereocenters. The van der Waals surface area contributed by atoms with Crippen LogP contribution in [0.15, 0.2) is 29.2 Å². The van der Waals surface area contributed by atoms with Gasteiger partial charge in [-0.3, -0.25) is 0 Å². The lowest BCUT2D eigenvalue weighted by atomic mass is 10.1.